The highest BCUT2D eigenvalue weighted by Gasteiger charge is 2.28. The van der Waals surface area contributed by atoms with E-state index in [0.717, 1.165) is 0 Å². The van der Waals surface area contributed by atoms with Crippen LogP contribution in [0.1, 0.15) is 23.2 Å². The maximum absolute atomic E-state index is 12.4. The van der Waals surface area contributed by atoms with E-state index in [0.29, 0.717) is 11.3 Å². The van der Waals surface area contributed by atoms with E-state index in [1.807, 2.05) is 0 Å². The van der Waals surface area contributed by atoms with Gasteiger partial charge in [-0.25, -0.2) is 0 Å². The molecule has 150 valence electrons. The summed E-state index contributed by atoms with van der Waals surface area (Å²) in [6.07, 6.45) is 0.0154. The van der Waals surface area contributed by atoms with Gasteiger partial charge in [-0.05, 0) is 24.6 Å². The van der Waals surface area contributed by atoms with Crippen LogP contribution in [0.5, 0.6) is 5.75 Å². The molecule has 0 fully saturated rings. The summed E-state index contributed by atoms with van der Waals surface area (Å²) in [4.78, 5) is 47.2. The Morgan fingerprint density at radius 2 is 2.00 bits per heavy atom. The van der Waals surface area contributed by atoms with Crippen molar-refractivity contribution in [2.45, 2.75) is 18.9 Å². The van der Waals surface area contributed by atoms with Crippen molar-refractivity contribution >= 4 is 34.8 Å². The van der Waals surface area contributed by atoms with Crippen LogP contribution in [0.3, 0.4) is 0 Å². The van der Waals surface area contributed by atoms with Crippen molar-refractivity contribution < 1.29 is 24.0 Å². The van der Waals surface area contributed by atoms with Crippen LogP contribution in [0, 0.1) is 10.1 Å². The topological polar surface area (TPSA) is 140 Å². The zero-order chi connectivity index (χ0) is 21.0. The molecule has 0 aromatic heterocycles. The highest BCUT2D eigenvalue weighted by molar-refractivity contribution is 6.10. The Hall–Kier alpha value is -3.95. The molecule has 1 aliphatic rings. The monoisotopic (exact) mass is 398 g/mol. The minimum atomic E-state index is -0.876. The van der Waals surface area contributed by atoms with Gasteiger partial charge in [0.1, 0.15) is 11.8 Å². The van der Waals surface area contributed by atoms with Gasteiger partial charge in [0.2, 0.25) is 11.8 Å². The second-order valence-corrected chi connectivity index (χ2v) is 6.29. The van der Waals surface area contributed by atoms with Gasteiger partial charge in [0, 0.05) is 12.5 Å². The Bertz CT molecular complexity index is 990. The second-order valence-electron chi connectivity index (χ2n) is 6.29. The number of fused-ring (bicyclic) bond motifs is 1. The van der Waals surface area contributed by atoms with Gasteiger partial charge in [-0.1, -0.05) is 12.1 Å². The predicted octanol–water partition coefficient (Wildman–Crippen LogP) is 2.07. The Kier molecular flexibility index (Phi) is 5.72. The number of benzene rings is 2. The molecule has 29 heavy (non-hydrogen) atoms. The van der Waals surface area contributed by atoms with Gasteiger partial charge in [0.25, 0.3) is 11.6 Å². The molecular weight excluding hydrogens is 380 g/mol. The Morgan fingerprint density at radius 1 is 1.24 bits per heavy atom. The number of methoxy groups -OCH3 is 1. The Balaban J connectivity index is 1.63. The molecule has 0 aliphatic carbocycles. The number of nitro groups is 1. The molecule has 3 rings (SSSR count). The third-order valence-electron chi connectivity index (χ3n) is 4.38. The number of nitro benzene ring substituents is 1. The molecule has 1 heterocycles. The highest BCUT2D eigenvalue weighted by atomic mass is 16.6. The van der Waals surface area contributed by atoms with Gasteiger partial charge in [0.05, 0.1) is 35.0 Å². The number of rotatable bonds is 6. The number of nitrogens with zero attached hydrogens (tertiary/aromatic N) is 1. The first-order valence-electron chi connectivity index (χ1n) is 8.72. The molecule has 1 atom stereocenters. The van der Waals surface area contributed by atoms with Crippen LogP contribution < -0.4 is 20.7 Å². The minimum absolute atomic E-state index is 0.0607. The van der Waals surface area contributed by atoms with Crippen LogP contribution in [0.4, 0.5) is 17.1 Å². The zero-order valence-electron chi connectivity index (χ0n) is 15.4. The van der Waals surface area contributed by atoms with Crippen molar-refractivity contribution in [2.75, 3.05) is 17.7 Å². The van der Waals surface area contributed by atoms with E-state index in [1.54, 1.807) is 24.3 Å². The highest BCUT2D eigenvalue weighted by Crippen LogP contribution is 2.29. The van der Waals surface area contributed by atoms with Crippen molar-refractivity contribution in [1.82, 2.24) is 5.32 Å². The fourth-order valence-corrected chi connectivity index (χ4v) is 2.90. The van der Waals surface area contributed by atoms with Gasteiger partial charge in [-0.15, -0.1) is 0 Å². The van der Waals surface area contributed by atoms with Crippen molar-refractivity contribution in [3.05, 3.63) is 58.1 Å². The number of carbonyl (C=O) groups is 3. The Labute approximate surface area is 165 Å². The third-order valence-corrected chi connectivity index (χ3v) is 4.38. The predicted molar refractivity (Wildman–Crippen MR) is 104 cm³/mol. The van der Waals surface area contributed by atoms with E-state index in [1.165, 1.54) is 25.3 Å². The fourth-order valence-electron chi connectivity index (χ4n) is 2.90. The lowest BCUT2D eigenvalue weighted by molar-refractivity contribution is -0.384. The first kappa shape index (κ1) is 19.8. The summed E-state index contributed by atoms with van der Waals surface area (Å²) in [5, 5.41) is 18.7. The maximum Gasteiger partial charge on any atom is 0.273 e. The smallest absolute Gasteiger partial charge is 0.273 e. The number of amides is 3. The largest absolute Gasteiger partial charge is 0.494 e. The summed E-state index contributed by atoms with van der Waals surface area (Å²) in [7, 11) is 1.33. The number of para-hydroxylation sites is 1. The van der Waals surface area contributed by atoms with E-state index in [4.69, 9.17) is 4.74 Å². The zero-order valence-corrected chi connectivity index (χ0v) is 15.4. The second kappa shape index (κ2) is 8.38. The average Bonchev–Trinajstić information content (AvgIpc) is 2.82. The van der Waals surface area contributed by atoms with Crippen LogP contribution in [0.15, 0.2) is 42.5 Å². The van der Waals surface area contributed by atoms with E-state index in [-0.39, 0.29) is 30.0 Å². The average molecular weight is 398 g/mol. The molecule has 0 bridgehead atoms. The molecule has 0 spiro atoms. The van der Waals surface area contributed by atoms with E-state index < -0.39 is 28.7 Å². The first-order valence-corrected chi connectivity index (χ1v) is 8.72. The summed E-state index contributed by atoms with van der Waals surface area (Å²) in [6.45, 7) is 0. The van der Waals surface area contributed by atoms with Crippen molar-refractivity contribution in [3.8, 4) is 5.75 Å². The number of hydrogen-bond acceptors (Lipinski definition) is 6. The molecule has 0 saturated heterocycles. The van der Waals surface area contributed by atoms with E-state index in [2.05, 4.69) is 16.0 Å². The first-order chi connectivity index (χ1) is 13.9. The Morgan fingerprint density at radius 3 is 2.72 bits per heavy atom. The lowest BCUT2D eigenvalue weighted by Crippen LogP contribution is -2.41. The number of carbonyl (C=O) groups excluding carboxylic acids is 3. The summed E-state index contributed by atoms with van der Waals surface area (Å²) in [6, 6.07) is 9.56. The normalized spacial score (nSPS) is 15.4. The molecule has 3 N–H and O–H groups in total. The van der Waals surface area contributed by atoms with Crippen molar-refractivity contribution in [3.63, 3.8) is 0 Å². The molecule has 0 saturated carbocycles. The van der Waals surface area contributed by atoms with Crippen LogP contribution in [-0.4, -0.2) is 35.8 Å². The molecule has 1 aliphatic heterocycles. The summed E-state index contributed by atoms with van der Waals surface area (Å²) in [5.74, 6) is -1.10. The number of ether oxygens (including phenoxy) is 1. The summed E-state index contributed by atoms with van der Waals surface area (Å²) < 4.78 is 5.07. The number of anilines is 2. The maximum atomic E-state index is 12.4. The number of non-ortho nitro benzene ring substituents is 1. The van der Waals surface area contributed by atoms with Gasteiger partial charge in [0.15, 0.2) is 0 Å². The van der Waals surface area contributed by atoms with Crippen LogP contribution in [-0.2, 0) is 9.59 Å². The van der Waals surface area contributed by atoms with Gasteiger partial charge >= 0.3 is 0 Å². The molecule has 10 heteroatoms. The minimum Gasteiger partial charge on any atom is -0.494 e. The van der Waals surface area contributed by atoms with Crippen molar-refractivity contribution in [1.29, 1.82) is 0 Å². The SMILES string of the molecule is COc1cc([N+](=O)[O-])ccc1NC(=O)CCC1NC(=O)c2ccccc2NC1=O. The van der Waals surface area contributed by atoms with E-state index in [9.17, 15) is 24.5 Å². The molecular formula is C19H18N4O6. The molecule has 1 unspecified atom stereocenters. The van der Waals surface area contributed by atoms with E-state index >= 15 is 0 Å². The lowest BCUT2D eigenvalue weighted by Gasteiger charge is -2.15. The van der Waals surface area contributed by atoms with Crippen LogP contribution >= 0.6 is 0 Å². The van der Waals surface area contributed by atoms with Gasteiger partial charge in [-0.2, -0.15) is 0 Å². The van der Waals surface area contributed by atoms with Gasteiger partial charge < -0.3 is 20.7 Å². The molecule has 2 aromatic rings. The molecule has 2 aromatic carbocycles. The van der Waals surface area contributed by atoms with Gasteiger partial charge in [-0.3, -0.25) is 24.5 Å². The quantitative estimate of drug-likeness (QED) is 0.503. The number of nitrogens with one attached hydrogen (secondary N) is 3. The lowest BCUT2D eigenvalue weighted by atomic mass is 10.1. The third kappa shape index (κ3) is 4.49. The van der Waals surface area contributed by atoms with Crippen LogP contribution in [0.2, 0.25) is 0 Å². The molecule has 10 nitrogen and oxygen atoms in total. The number of hydrogen-bond donors (Lipinski definition) is 3. The van der Waals surface area contributed by atoms with Crippen molar-refractivity contribution in [2.24, 2.45) is 0 Å². The summed E-state index contributed by atoms with van der Waals surface area (Å²) in [5.41, 5.74) is 0.864. The summed E-state index contributed by atoms with van der Waals surface area (Å²) >= 11 is 0. The molecule has 0 radical (unpaired) electrons. The van der Waals surface area contributed by atoms with Crippen LogP contribution in [0.25, 0.3) is 0 Å². The fraction of sp³-hybridized carbons (Fsp3) is 0.211. The molecule has 3 amide bonds. The standard InChI is InChI=1S/C19H18N4O6/c1-29-16-10-11(23(27)28)6-7-14(16)20-17(24)9-8-15-19(26)21-13-5-3-2-4-12(13)18(25)22-15/h2-7,10,15H,8-9H2,1H3,(H,20,24)(H,21,26)(H,22,25).